The molecular weight excluding hydrogens is 378 g/mol. The molecule has 30 heavy (non-hydrogen) atoms. The quantitative estimate of drug-likeness (QED) is 0.533. The number of anilines is 2. The Hall–Kier alpha value is -3.81. The molecule has 0 atom stereocenters. The number of carbonyl (C=O) groups is 1. The fourth-order valence-electron chi connectivity index (χ4n) is 3.47. The molecule has 5 rings (SSSR count). The molecule has 1 amide bonds. The molecule has 1 aliphatic rings. The normalized spacial score (nSPS) is 13.9. The number of nitrogens with zero attached hydrogens (tertiary/aromatic N) is 5. The van der Waals surface area contributed by atoms with Crippen LogP contribution in [0.25, 0.3) is 34.0 Å². The number of benzene rings is 1. The summed E-state index contributed by atoms with van der Waals surface area (Å²) in [6.07, 6.45) is 9.54. The summed E-state index contributed by atoms with van der Waals surface area (Å²) >= 11 is 0. The van der Waals surface area contributed by atoms with Crippen LogP contribution in [-0.4, -0.2) is 37.9 Å². The zero-order chi connectivity index (χ0) is 20.7. The number of pyridine rings is 2. The molecule has 3 heterocycles. The van der Waals surface area contributed by atoms with Crippen LogP contribution in [0.3, 0.4) is 0 Å². The van der Waals surface area contributed by atoms with E-state index in [2.05, 4.69) is 30.9 Å². The van der Waals surface area contributed by atoms with Crippen LogP contribution < -0.4 is 10.6 Å². The third-order valence-corrected chi connectivity index (χ3v) is 5.33. The number of aromatic nitrogens is 5. The van der Waals surface area contributed by atoms with E-state index in [9.17, 15) is 4.79 Å². The standard InChI is InChI=1S/C22H21N7O/c1-23-21-17-12-24-20(26-22(30)14-6-7-14)10-16(17)15(11-25-21)5-3-13-4-8-18-19(9-13)29(2)28-27-18/h3-5,8-12,14H,6-7H2,1-2H3,(H,23,25)(H,24,26,30). The van der Waals surface area contributed by atoms with Crippen LogP contribution in [0, 0.1) is 5.92 Å². The molecule has 1 fully saturated rings. The number of rotatable bonds is 5. The summed E-state index contributed by atoms with van der Waals surface area (Å²) in [5.74, 6) is 1.48. The van der Waals surface area contributed by atoms with Crippen molar-refractivity contribution in [3.63, 3.8) is 0 Å². The first-order valence-electron chi connectivity index (χ1n) is 9.87. The highest BCUT2D eigenvalue weighted by Gasteiger charge is 2.29. The first-order chi connectivity index (χ1) is 14.6. The van der Waals surface area contributed by atoms with Crippen molar-refractivity contribution in [1.29, 1.82) is 0 Å². The van der Waals surface area contributed by atoms with Crippen LogP contribution >= 0.6 is 0 Å². The lowest BCUT2D eigenvalue weighted by atomic mass is 10.1. The van der Waals surface area contributed by atoms with Crippen LogP contribution in [0.2, 0.25) is 0 Å². The zero-order valence-electron chi connectivity index (χ0n) is 16.8. The molecule has 0 spiro atoms. The minimum Gasteiger partial charge on any atom is -0.373 e. The molecule has 3 aromatic heterocycles. The largest absolute Gasteiger partial charge is 0.373 e. The summed E-state index contributed by atoms with van der Waals surface area (Å²) in [7, 11) is 3.71. The first kappa shape index (κ1) is 18.2. The Kier molecular flexibility index (Phi) is 4.39. The highest BCUT2D eigenvalue weighted by Crippen LogP contribution is 2.31. The first-order valence-corrected chi connectivity index (χ1v) is 9.87. The van der Waals surface area contributed by atoms with Crippen LogP contribution in [-0.2, 0) is 11.8 Å². The van der Waals surface area contributed by atoms with Crippen molar-refractivity contribution in [3.05, 3.63) is 47.8 Å². The SMILES string of the molecule is CNc1ncc(C=Cc2ccc3nnn(C)c3c2)c2cc(NC(=O)C3CC3)ncc12. The summed E-state index contributed by atoms with van der Waals surface area (Å²) in [5.41, 5.74) is 3.81. The number of amides is 1. The molecule has 1 aliphatic carbocycles. The molecule has 0 bridgehead atoms. The molecule has 150 valence electrons. The average molecular weight is 399 g/mol. The fourth-order valence-corrected chi connectivity index (χ4v) is 3.47. The van der Waals surface area contributed by atoms with Gasteiger partial charge in [-0.25, -0.2) is 14.6 Å². The van der Waals surface area contributed by atoms with E-state index in [4.69, 9.17) is 0 Å². The molecule has 0 radical (unpaired) electrons. The highest BCUT2D eigenvalue weighted by atomic mass is 16.2. The molecule has 4 aromatic rings. The molecule has 8 heteroatoms. The lowest BCUT2D eigenvalue weighted by molar-refractivity contribution is -0.117. The van der Waals surface area contributed by atoms with Crippen LogP contribution in [0.4, 0.5) is 11.6 Å². The van der Waals surface area contributed by atoms with Crippen molar-refractivity contribution in [2.45, 2.75) is 12.8 Å². The number of nitrogens with one attached hydrogen (secondary N) is 2. The summed E-state index contributed by atoms with van der Waals surface area (Å²) in [4.78, 5) is 21.1. The topological polar surface area (TPSA) is 97.6 Å². The Morgan fingerprint density at radius 2 is 2.00 bits per heavy atom. The van der Waals surface area contributed by atoms with Gasteiger partial charge in [-0.15, -0.1) is 5.10 Å². The maximum Gasteiger partial charge on any atom is 0.228 e. The minimum absolute atomic E-state index is 0.0416. The molecule has 2 N–H and O–H groups in total. The third kappa shape index (κ3) is 3.36. The monoisotopic (exact) mass is 399 g/mol. The van der Waals surface area contributed by atoms with Gasteiger partial charge in [0.25, 0.3) is 0 Å². The zero-order valence-corrected chi connectivity index (χ0v) is 16.8. The second kappa shape index (κ2) is 7.22. The molecule has 0 aliphatic heterocycles. The van der Waals surface area contributed by atoms with Gasteiger partial charge in [0.15, 0.2) is 0 Å². The second-order valence-electron chi connectivity index (χ2n) is 7.49. The molecule has 0 unspecified atom stereocenters. The Labute approximate surface area is 173 Å². The van der Waals surface area contributed by atoms with Gasteiger partial charge in [-0.2, -0.15) is 0 Å². The van der Waals surface area contributed by atoms with Gasteiger partial charge in [0.2, 0.25) is 5.91 Å². The smallest absolute Gasteiger partial charge is 0.228 e. The van der Waals surface area contributed by atoms with Gasteiger partial charge < -0.3 is 10.6 Å². The molecule has 8 nitrogen and oxygen atoms in total. The summed E-state index contributed by atoms with van der Waals surface area (Å²) in [6.45, 7) is 0. The predicted molar refractivity (Wildman–Crippen MR) is 118 cm³/mol. The Morgan fingerprint density at radius 1 is 1.13 bits per heavy atom. The Morgan fingerprint density at radius 3 is 2.80 bits per heavy atom. The van der Waals surface area contributed by atoms with E-state index in [-0.39, 0.29) is 11.8 Å². The second-order valence-corrected chi connectivity index (χ2v) is 7.49. The van der Waals surface area contributed by atoms with Crippen molar-refractivity contribution in [3.8, 4) is 0 Å². The van der Waals surface area contributed by atoms with E-state index in [1.54, 1.807) is 10.9 Å². The van der Waals surface area contributed by atoms with E-state index in [1.165, 1.54) is 0 Å². The summed E-state index contributed by atoms with van der Waals surface area (Å²) in [5, 5.41) is 16.1. The lowest BCUT2D eigenvalue weighted by Crippen LogP contribution is -2.14. The predicted octanol–water partition coefficient (Wildman–Crippen LogP) is 3.47. The van der Waals surface area contributed by atoms with Gasteiger partial charge in [-0.1, -0.05) is 23.4 Å². The van der Waals surface area contributed by atoms with Crippen molar-refractivity contribution in [1.82, 2.24) is 25.0 Å². The highest BCUT2D eigenvalue weighted by molar-refractivity contribution is 6.01. The number of aryl methyl sites for hydroxylation is 1. The van der Waals surface area contributed by atoms with Crippen molar-refractivity contribution in [2.75, 3.05) is 17.7 Å². The number of hydrogen-bond acceptors (Lipinski definition) is 6. The molecule has 1 saturated carbocycles. The van der Waals surface area contributed by atoms with E-state index < -0.39 is 0 Å². The van der Waals surface area contributed by atoms with E-state index >= 15 is 0 Å². The van der Waals surface area contributed by atoms with E-state index in [0.717, 1.165) is 51.6 Å². The maximum atomic E-state index is 12.1. The molecule has 1 aromatic carbocycles. The van der Waals surface area contributed by atoms with Gasteiger partial charge in [-0.05, 0) is 42.0 Å². The van der Waals surface area contributed by atoms with Crippen molar-refractivity contribution < 1.29 is 4.79 Å². The van der Waals surface area contributed by atoms with Gasteiger partial charge in [-0.3, -0.25) is 4.79 Å². The van der Waals surface area contributed by atoms with Crippen LogP contribution in [0.5, 0.6) is 0 Å². The number of carbonyl (C=O) groups excluding carboxylic acids is 1. The van der Waals surface area contributed by atoms with E-state index in [1.807, 2.05) is 56.7 Å². The summed E-state index contributed by atoms with van der Waals surface area (Å²) in [6, 6.07) is 7.92. The fraction of sp³-hybridized carbons (Fsp3) is 0.227. The van der Waals surface area contributed by atoms with Crippen molar-refractivity contribution >= 4 is 51.5 Å². The van der Waals surface area contributed by atoms with Gasteiger partial charge >= 0.3 is 0 Å². The minimum atomic E-state index is 0.0416. The van der Waals surface area contributed by atoms with E-state index in [0.29, 0.717) is 5.82 Å². The van der Waals surface area contributed by atoms with Gasteiger partial charge in [0, 0.05) is 43.4 Å². The van der Waals surface area contributed by atoms with Crippen LogP contribution in [0.1, 0.15) is 24.0 Å². The Balaban J connectivity index is 1.53. The number of fused-ring (bicyclic) bond motifs is 2. The van der Waals surface area contributed by atoms with Crippen molar-refractivity contribution in [2.24, 2.45) is 13.0 Å². The van der Waals surface area contributed by atoms with Crippen LogP contribution in [0.15, 0.2) is 36.7 Å². The average Bonchev–Trinajstić information content (AvgIpc) is 3.56. The summed E-state index contributed by atoms with van der Waals surface area (Å²) < 4.78 is 1.76. The van der Waals surface area contributed by atoms with Gasteiger partial charge in [0.05, 0.1) is 5.52 Å². The van der Waals surface area contributed by atoms with Gasteiger partial charge in [0.1, 0.15) is 17.2 Å². The molecular formula is C22H21N7O. The molecule has 0 saturated heterocycles. The maximum absolute atomic E-state index is 12.1. The number of hydrogen-bond donors (Lipinski definition) is 2. The third-order valence-electron chi connectivity index (χ3n) is 5.33. The lowest BCUT2D eigenvalue weighted by Gasteiger charge is -2.10. The Bertz CT molecular complexity index is 1300.